The third-order valence-electron chi connectivity index (χ3n) is 6.84. The standard InChI is InChI=1S/C25H27N3O3S/c1-17-7-4-10-21(18(17)2)26-13-15-27(16-14-26)25(29)19(3)28-22-11-5-8-20-9-6-12-23(24(20)22)32(28,30)31/h4-12,19H,13-16H2,1-3H3/t19-/m1/s1. The Kier molecular flexibility index (Phi) is 4.89. The maximum absolute atomic E-state index is 13.4. The minimum absolute atomic E-state index is 0.154. The number of hydrogen-bond donors (Lipinski definition) is 0. The van der Waals surface area contributed by atoms with Crippen molar-refractivity contribution in [3.05, 3.63) is 65.7 Å². The molecule has 0 spiro atoms. The molecule has 1 amide bonds. The van der Waals surface area contributed by atoms with Gasteiger partial charge in [0, 0.05) is 37.3 Å². The van der Waals surface area contributed by atoms with E-state index in [1.165, 1.54) is 21.1 Å². The molecule has 0 unspecified atom stereocenters. The fraction of sp³-hybridized carbons (Fsp3) is 0.320. The van der Waals surface area contributed by atoms with Crippen molar-refractivity contribution in [3.63, 3.8) is 0 Å². The molecule has 2 aliphatic heterocycles. The normalized spacial score (nSPS) is 18.3. The van der Waals surface area contributed by atoms with E-state index in [2.05, 4.69) is 36.9 Å². The van der Waals surface area contributed by atoms with Crippen LogP contribution in [0.2, 0.25) is 0 Å². The molecular weight excluding hydrogens is 422 g/mol. The smallest absolute Gasteiger partial charge is 0.265 e. The molecule has 1 atom stereocenters. The summed E-state index contributed by atoms with van der Waals surface area (Å²) in [6, 6.07) is 16.3. The van der Waals surface area contributed by atoms with Gasteiger partial charge in [-0.25, -0.2) is 8.42 Å². The molecule has 1 fully saturated rings. The largest absolute Gasteiger partial charge is 0.368 e. The topological polar surface area (TPSA) is 60.9 Å². The molecule has 2 heterocycles. The zero-order valence-electron chi connectivity index (χ0n) is 18.6. The number of benzene rings is 3. The number of carbonyl (C=O) groups is 1. The predicted molar refractivity (Wildman–Crippen MR) is 128 cm³/mol. The van der Waals surface area contributed by atoms with Gasteiger partial charge in [-0.3, -0.25) is 9.10 Å². The first-order valence-corrected chi connectivity index (χ1v) is 12.4. The summed E-state index contributed by atoms with van der Waals surface area (Å²) in [5.41, 5.74) is 4.31. The van der Waals surface area contributed by atoms with Gasteiger partial charge in [0.15, 0.2) is 0 Å². The fourth-order valence-electron chi connectivity index (χ4n) is 4.95. The van der Waals surface area contributed by atoms with E-state index < -0.39 is 16.1 Å². The number of nitrogens with zero attached hydrogens (tertiary/aromatic N) is 3. The van der Waals surface area contributed by atoms with E-state index in [1.54, 1.807) is 30.0 Å². The summed E-state index contributed by atoms with van der Waals surface area (Å²) in [5.74, 6) is -0.154. The maximum atomic E-state index is 13.4. The van der Waals surface area contributed by atoms with E-state index in [4.69, 9.17) is 0 Å². The van der Waals surface area contributed by atoms with Crippen molar-refractivity contribution in [2.45, 2.75) is 31.7 Å². The molecule has 32 heavy (non-hydrogen) atoms. The van der Waals surface area contributed by atoms with Gasteiger partial charge in [-0.05, 0) is 55.5 Å². The van der Waals surface area contributed by atoms with Crippen LogP contribution in [-0.2, 0) is 14.8 Å². The average Bonchev–Trinajstić information content (AvgIpc) is 3.03. The minimum atomic E-state index is -3.77. The third kappa shape index (κ3) is 3.06. The van der Waals surface area contributed by atoms with Crippen molar-refractivity contribution in [1.82, 2.24) is 4.90 Å². The molecule has 166 valence electrons. The molecule has 5 rings (SSSR count). The highest BCUT2D eigenvalue weighted by atomic mass is 32.2. The number of hydrogen-bond acceptors (Lipinski definition) is 4. The zero-order chi connectivity index (χ0) is 22.6. The van der Waals surface area contributed by atoms with Gasteiger partial charge in [0.25, 0.3) is 10.0 Å². The van der Waals surface area contributed by atoms with Crippen LogP contribution in [0.5, 0.6) is 0 Å². The lowest BCUT2D eigenvalue weighted by Gasteiger charge is -2.39. The van der Waals surface area contributed by atoms with Gasteiger partial charge in [-0.2, -0.15) is 0 Å². The van der Waals surface area contributed by atoms with Gasteiger partial charge >= 0.3 is 0 Å². The van der Waals surface area contributed by atoms with Crippen LogP contribution >= 0.6 is 0 Å². The highest BCUT2D eigenvalue weighted by Crippen LogP contribution is 2.43. The van der Waals surface area contributed by atoms with Crippen molar-refractivity contribution >= 4 is 38.1 Å². The molecule has 7 heteroatoms. The second-order valence-corrected chi connectivity index (χ2v) is 10.4. The van der Waals surface area contributed by atoms with Crippen molar-refractivity contribution in [3.8, 4) is 0 Å². The Labute approximate surface area is 189 Å². The van der Waals surface area contributed by atoms with Crippen molar-refractivity contribution in [1.29, 1.82) is 0 Å². The molecule has 0 bridgehead atoms. The molecule has 3 aromatic carbocycles. The van der Waals surface area contributed by atoms with E-state index in [9.17, 15) is 13.2 Å². The molecule has 0 N–H and O–H groups in total. The molecule has 3 aromatic rings. The number of sulfonamides is 1. The Morgan fingerprint density at radius 2 is 1.50 bits per heavy atom. The molecule has 0 aromatic heterocycles. The minimum Gasteiger partial charge on any atom is -0.368 e. The van der Waals surface area contributed by atoms with E-state index in [1.807, 2.05) is 18.2 Å². The summed E-state index contributed by atoms with van der Waals surface area (Å²) in [7, 11) is -3.77. The number of rotatable bonds is 3. The van der Waals surface area contributed by atoms with Crippen molar-refractivity contribution in [2.24, 2.45) is 0 Å². The van der Waals surface area contributed by atoms with Crippen LogP contribution in [0.3, 0.4) is 0 Å². The summed E-state index contributed by atoms with van der Waals surface area (Å²) >= 11 is 0. The average molecular weight is 450 g/mol. The predicted octanol–water partition coefficient (Wildman–Crippen LogP) is 3.70. The quantitative estimate of drug-likeness (QED) is 0.612. The Morgan fingerprint density at radius 3 is 2.22 bits per heavy atom. The van der Waals surface area contributed by atoms with E-state index in [0.29, 0.717) is 24.2 Å². The molecule has 0 saturated carbocycles. The summed E-state index contributed by atoms with van der Waals surface area (Å²) in [6.07, 6.45) is 0. The highest BCUT2D eigenvalue weighted by molar-refractivity contribution is 7.93. The maximum Gasteiger partial charge on any atom is 0.265 e. The van der Waals surface area contributed by atoms with Crippen LogP contribution in [0.15, 0.2) is 59.5 Å². The summed E-state index contributed by atoms with van der Waals surface area (Å²) in [4.78, 5) is 17.8. The number of carbonyl (C=O) groups excluding carboxylic acids is 1. The lowest BCUT2D eigenvalue weighted by Crippen LogP contribution is -2.55. The summed E-state index contributed by atoms with van der Waals surface area (Å²) in [5, 5.41) is 1.57. The first-order valence-electron chi connectivity index (χ1n) is 11.0. The first-order chi connectivity index (χ1) is 15.3. The van der Waals surface area contributed by atoms with Gasteiger partial charge < -0.3 is 9.80 Å². The van der Waals surface area contributed by atoms with Gasteiger partial charge in [-0.1, -0.05) is 36.4 Å². The summed E-state index contributed by atoms with van der Waals surface area (Å²) < 4.78 is 28.0. The van der Waals surface area contributed by atoms with Crippen LogP contribution in [0.25, 0.3) is 10.8 Å². The SMILES string of the molecule is Cc1cccc(N2CCN(C(=O)[C@@H](C)N3c4cccc5cccc(c45)S3(=O)=O)CC2)c1C. The molecule has 6 nitrogen and oxygen atoms in total. The number of piperazine rings is 1. The first kappa shape index (κ1) is 20.8. The van der Waals surface area contributed by atoms with Crippen LogP contribution in [0, 0.1) is 13.8 Å². The Morgan fingerprint density at radius 1 is 0.875 bits per heavy atom. The zero-order valence-corrected chi connectivity index (χ0v) is 19.4. The number of amides is 1. The third-order valence-corrected chi connectivity index (χ3v) is 8.76. The molecule has 0 aliphatic carbocycles. The lowest BCUT2D eigenvalue weighted by molar-refractivity contribution is -0.132. The Hall–Kier alpha value is -3.06. The van der Waals surface area contributed by atoms with Crippen LogP contribution in [-0.4, -0.2) is 51.4 Å². The van der Waals surface area contributed by atoms with E-state index >= 15 is 0 Å². The second-order valence-electron chi connectivity index (χ2n) is 8.64. The molecule has 2 aliphatic rings. The Balaban J connectivity index is 1.37. The second kappa shape index (κ2) is 7.52. The monoisotopic (exact) mass is 449 g/mol. The molecule has 0 radical (unpaired) electrons. The van der Waals surface area contributed by atoms with Crippen LogP contribution in [0.4, 0.5) is 11.4 Å². The Bertz CT molecular complexity index is 1320. The van der Waals surface area contributed by atoms with Gasteiger partial charge in [0.2, 0.25) is 5.91 Å². The van der Waals surface area contributed by atoms with E-state index in [0.717, 1.165) is 18.5 Å². The van der Waals surface area contributed by atoms with Gasteiger partial charge in [0.1, 0.15) is 6.04 Å². The number of aryl methyl sites for hydroxylation is 1. The lowest BCUT2D eigenvalue weighted by atomic mass is 10.1. The molecule has 1 saturated heterocycles. The van der Waals surface area contributed by atoms with E-state index in [-0.39, 0.29) is 10.8 Å². The fourth-order valence-corrected chi connectivity index (χ4v) is 6.81. The number of anilines is 2. The molecular formula is C25H27N3O3S. The van der Waals surface area contributed by atoms with Gasteiger partial charge in [0.05, 0.1) is 10.6 Å². The summed E-state index contributed by atoms with van der Waals surface area (Å²) in [6.45, 7) is 8.53. The van der Waals surface area contributed by atoms with Crippen molar-refractivity contribution in [2.75, 3.05) is 35.4 Å². The van der Waals surface area contributed by atoms with Crippen LogP contribution in [0.1, 0.15) is 18.1 Å². The highest BCUT2D eigenvalue weighted by Gasteiger charge is 2.42. The van der Waals surface area contributed by atoms with Crippen LogP contribution < -0.4 is 9.21 Å². The van der Waals surface area contributed by atoms with Gasteiger partial charge in [-0.15, -0.1) is 0 Å². The van der Waals surface area contributed by atoms with Crippen molar-refractivity contribution < 1.29 is 13.2 Å².